The van der Waals surface area contributed by atoms with E-state index in [4.69, 9.17) is 4.74 Å². The normalized spacial score (nSPS) is 23.9. The van der Waals surface area contributed by atoms with E-state index in [1.54, 1.807) is 18.1 Å². The molecule has 3 heterocycles. The largest absolute Gasteiger partial charge is 0.415 e. The molecule has 1 aromatic rings. The zero-order valence-electron chi connectivity index (χ0n) is 11.0. The highest BCUT2D eigenvalue weighted by Crippen LogP contribution is 2.36. The van der Waals surface area contributed by atoms with Crippen LogP contribution in [0.4, 0.5) is 4.79 Å². The van der Waals surface area contributed by atoms with Crippen LogP contribution in [0.25, 0.3) is 0 Å². The van der Waals surface area contributed by atoms with Crippen LogP contribution < -0.4 is 5.32 Å². The van der Waals surface area contributed by atoms with E-state index in [2.05, 4.69) is 10.3 Å². The maximum Gasteiger partial charge on any atom is 0.415 e. The highest BCUT2D eigenvalue weighted by atomic mass is 35.5. The van der Waals surface area contributed by atoms with Crippen LogP contribution in [0.15, 0.2) is 36.2 Å². The molecular formula is C13H17Cl2N3O2. The number of carbonyl (C=O) groups excluding carboxylic acids is 1. The molecule has 0 bridgehead atoms. The number of halogens is 2. The molecule has 0 aliphatic carbocycles. The fraction of sp³-hybridized carbons (Fsp3) is 0.385. The zero-order valence-corrected chi connectivity index (χ0v) is 12.7. The Balaban J connectivity index is 0.000001000. The minimum absolute atomic E-state index is 0. The van der Waals surface area contributed by atoms with Crippen molar-refractivity contribution in [1.29, 1.82) is 0 Å². The smallest absolute Gasteiger partial charge is 0.412 e. The van der Waals surface area contributed by atoms with Gasteiger partial charge in [0.1, 0.15) is 11.3 Å². The molecule has 110 valence electrons. The standard InChI is InChI=1S/C13H15N3O2.2ClH/c1-16-12(17)18-11-5-7-14-9-13(11,16)8-10-4-2-3-6-15-10;;/h2-6,14H,7-9H2,1H3;2*1H. The second-order valence-corrected chi connectivity index (χ2v) is 4.66. The molecule has 1 unspecified atom stereocenters. The van der Waals surface area contributed by atoms with Gasteiger partial charge in [-0.05, 0) is 18.2 Å². The quantitative estimate of drug-likeness (QED) is 0.903. The minimum atomic E-state index is -0.427. The van der Waals surface area contributed by atoms with E-state index in [-0.39, 0.29) is 30.9 Å². The van der Waals surface area contributed by atoms with Crippen molar-refractivity contribution in [1.82, 2.24) is 15.2 Å². The number of amides is 1. The summed E-state index contributed by atoms with van der Waals surface area (Å²) in [7, 11) is 1.78. The van der Waals surface area contributed by atoms with Gasteiger partial charge in [0.05, 0.1) is 0 Å². The van der Waals surface area contributed by atoms with Crippen molar-refractivity contribution in [2.24, 2.45) is 0 Å². The summed E-state index contributed by atoms with van der Waals surface area (Å²) in [6.45, 7) is 1.43. The van der Waals surface area contributed by atoms with E-state index in [1.807, 2.05) is 24.3 Å². The van der Waals surface area contributed by atoms with Crippen molar-refractivity contribution >= 4 is 30.9 Å². The Morgan fingerprint density at radius 2 is 2.25 bits per heavy atom. The molecule has 1 saturated heterocycles. The zero-order chi connectivity index (χ0) is 12.6. The molecular weight excluding hydrogens is 301 g/mol. The lowest BCUT2D eigenvalue weighted by Gasteiger charge is -2.36. The van der Waals surface area contributed by atoms with Gasteiger partial charge in [0, 0.05) is 38.4 Å². The van der Waals surface area contributed by atoms with Crippen molar-refractivity contribution in [3.63, 3.8) is 0 Å². The predicted octanol–water partition coefficient (Wildman–Crippen LogP) is 1.78. The molecule has 20 heavy (non-hydrogen) atoms. The van der Waals surface area contributed by atoms with Crippen LogP contribution in [0.3, 0.4) is 0 Å². The lowest BCUT2D eigenvalue weighted by Crippen LogP contribution is -2.55. The van der Waals surface area contributed by atoms with E-state index in [9.17, 15) is 4.79 Å². The van der Waals surface area contributed by atoms with Crippen LogP contribution >= 0.6 is 24.8 Å². The topological polar surface area (TPSA) is 54.5 Å². The van der Waals surface area contributed by atoms with E-state index in [0.29, 0.717) is 13.0 Å². The van der Waals surface area contributed by atoms with Crippen LogP contribution in [0.1, 0.15) is 5.69 Å². The van der Waals surface area contributed by atoms with Crippen LogP contribution in [0, 0.1) is 0 Å². The summed E-state index contributed by atoms with van der Waals surface area (Å²) in [5, 5.41) is 3.29. The van der Waals surface area contributed by atoms with Crippen molar-refractivity contribution in [3.05, 3.63) is 41.9 Å². The third kappa shape index (κ3) is 2.61. The van der Waals surface area contributed by atoms with Crippen LogP contribution in [-0.4, -0.2) is 41.7 Å². The summed E-state index contributed by atoms with van der Waals surface area (Å²) in [6.07, 6.45) is 4.08. The Morgan fingerprint density at radius 1 is 1.45 bits per heavy atom. The number of fused-ring (bicyclic) bond motifs is 1. The van der Waals surface area contributed by atoms with E-state index in [0.717, 1.165) is 18.0 Å². The number of ether oxygens (including phenoxy) is 1. The van der Waals surface area contributed by atoms with Crippen molar-refractivity contribution in [2.75, 3.05) is 20.1 Å². The van der Waals surface area contributed by atoms with Crippen LogP contribution in [0.5, 0.6) is 0 Å². The van der Waals surface area contributed by atoms with Crippen LogP contribution in [-0.2, 0) is 11.2 Å². The van der Waals surface area contributed by atoms with Gasteiger partial charge in [-0.2, -0.15) is 0 Å². The highest BCUT2D eigenvalue weighted by Gasteiger charge is 2.50. The van der Waals surface area contributed by atoms with Crippen molar-refractivity contribution in [2.45, 2.75) is 12.0 Å². The summed E-state index contributed by atoms with van der Waals surface area (Å²) >= 11 is 0. The molecule has 1 aromatic heterocycles. The Hall–Kier alpha value is -1.30. The van der Waals surface area contributed by atoms with E-state index >= 15 is 0 Å². The first kappa shape index (κ1) is 16.8. The molecule has 1 N–H and O–H groups in total. The fourth-order valence-electron chi connectivity index (χ4n) is 2.55. The second kappa shape index (κ2) is 6.43. The van der Waals surface area contributed by atoms with Gasteiger partial charge in [-0.3, -0.25) is 9.88 Å². The van der Waals surface area contributed by atoms with E-state index in [1.165, 1.54) is 0 Å². The number of nitrogens with one attached hydrogen (secondary N) is 1. The molecule has 0 aromatic carbocycles. The first-order chi connectivity index (χ1) is 8.72. The Morgan fingerprint density at radius 3 is 2.95 bits per heavy atom. The molecule has 1 amide bonds. The average molecular weight is 318 g/mol. The molecule has 5 nitrogen and oxygen atoms in total. The lowest BCUT2D eigenvalue weighted by molar-refractivity contribution is 0.163. The van der Waals surface area contributed by atoms with Crippen LogP contribution in [0.2, 0.25) is 0 Å². The maximum atomic E-state index is 11.8. The molecule has 1 atom stereocenters. The Bertz CT molecular complexity index is 510. The first-order valence-electron chi connectivity index (χ1n) is 5.99. The molecule has 0 radical (unpaired) electrons. The Kier molecular flexibility index (Phi) is 5.39. The summed E-state index contributed by atoms with van der Waals surface area (Å²) < 4.78 is 5.33. The summed E-state index contributed by atoms with van der Waals surface area (Å²) in [4.78, 5) is 17.8. The monoisotopic (exact) mass is 317 g/mol. The molecule has 0 spiro atoms. The Labute approximate surface area is 130 Å². The summed E-state index contributed by atoms with van der Waals surface area (Å²) in [6, 6.07) is 5.81. The maximum absolute atomic E-state index is 11.8. The van der Waals surface area contributed by atoms with Gasteiger partial charge in [0.25, 0.3) is 0 Å². The molecule has 2 aliphatic rings. The summed E-state index contributed by atoms with van der Waals surface area (Å²) in [5.74, 6) is 0.749. The number of rotatable bonds is 2. The average Bonchev–Trinajstić information content (AvgIpc) is 2.64. The second-order valence-electron chi connectivity index (χ2n) is 4.66. The number of likely N-dealkylation sites (N-methyl/N-ethyl adjacent to an activating group) is 1. The first-order valence-corrected chi connectivity index (χ1v) is 5.99. The molecule has 1 fully saturated rings. The third-order valence-electron chi connectivity index (χ3n) is 3.62. The third-order valence-corrected chi connectivity index (χ3v) is 3.62. The number of pyridine rings is 1. The highest BCUT2D eigenvalue weighted by molar-refractivity contribution is 5.85. The lowest BCUT2D eigenvalue weighted by atomic mass is 9.88. The summed E-state index contributed by atoms with van der Waals surface area (Å²) in [5.41, 5.74) is 0.529. The van der Waals surface area contributed by atoms with Gasteiger partial charge in [-0.25, -0.2) is 4.79 Å². The van der Waals surface area contributed by atoms with Gasteiger partial charge in [-0.1, -0.05) is 6.07 Å². The number of hydrogen-bond donors (Lipinski definition) is 1. The van der Waals surface area contributed by atoms with Gasteiger partial charge in [0.2, 0.25) is 0 Å². The molecule has 7 heteroatoms. The predicted molar refractivity (Wildman–Crippen MR) is 80.4 cm³/mol. The minimum Gasteiger partial charge on any atom is -0.412 e. The van der Waals surface area contributed by atoms with E-state index < -0.39 is 5.54 Å². The number of carbonyl (C=O) groups is 1. The molecule has 0 saturated carbocycles. The van der Waals surface area contributed by atoms with Crippen molar-refractivity contribution in [3.8, 4) is 0 Å². The van der Waals surface area contributed by atoms with Crippen molar-refractivity contribution < 1.29 is 9.53 Å². The number of aromatic nitrogens is 1. The van der Waals surface area contributed by atoms with Gasteiger partial charge in [-0.15, -0.1) is 24.8 Å². The van der Waals surface area contributed by atoms with Gasteiger partial charge in [0.15, 0.2) is 0 Å². The molecule has 3 rings (SSSR count). The molecule has 2 aliphatic heterocycles. The van der Waals surface area contributed by atoms with Gasteiger partial charge < -0.3 is 10.1 Å². The van der Waals surface area contributed by atoms with Gasteiger partial charge >= 0.3 is 6.09 Å². The number of hydrogen-bond acceptors (Lipinski definition) is 4. The number of nitrogens with zero attached hydrogens (tertiary/aromatic N) is 2. The SMILES string of the molecule is CN1C(=O)OC2=CCNCC21Cc1ccccn1.Cl.Cl. The fourth-order valence-corrected chi connectivity index (χ4v) is 2.55.